The largest absolute Gasteiger partial charge is 0.283 e. The highest BCUT2D eigenvalue weighted by Crippen LogP contribution is 2.36. The molecule has 0 atom stereocenters. The zero-order valence-corrected chi connectivity index (χ0v) is 10.8. The van der Waals surface area contributed by atoms with E-state index in [4.69, 9.17) is 11.6 Å². The summed E-state index contributed by atoms with van der Waals surface area (Å²) in [5, 5.41) is 10.7. The van der Waals surface area contributed by atoms with Crippen LogP contribution in [0.25, 0.3) is 0 Å². The average Bonchev–Trinajstić information content (AvgIpc) is 2.15. The molecule has 0 fully saturated rings. The van der Waals surface area contributed by atoms with Crippen molar-refractivity contribution in [2.75, 3.05) is 0 Å². The maximum atomic E-state index is 10.7. The van der Waals surface area contributed by atoms with E-state index in [-0.39, 0.29) is 11.6 Å². The number of alkyl halides is 1. The van der Waals surface area contributed by atoms with Crippen LogP contribution in [0.2, 0.25) is 0 Å². The topological polar surface area (TPSA) is 43.1 Å². The zero-order chi connectivity index (χ0) is 11.6. The van der Waals surface area contributed by atoms with Gasteiger partial charge in [0, 0.05) is 11.9 Å². The van der Waals surface area contributed by atoms with E-state index < -0.39 is 4.92 Å². The second-order valence-corrected chi connectivity index (χ2v) is 4.58. The van der Waals surface area contributed by atoms with Gasteiger partial charge in [-0.05, 0) is 33.0 Å². The fraction of sp³-hybridized carbons (Fsp3) is 0.400. The SMILES string of the molecule is CC(C)c1c(CCl)ccc([N+](=O)[O-])c1Br. The Hall–Kier alpha value is -0.610. The van der Waals surface area contributed by atoms with Gasteiger partial charge in [0.25, 0.3) is 5.69 Å². The van der Waals surface area contributed by atoms with Gasteiger partial charge < -0.3 is 0 Å². The molecule has 0 saturated carbocycles. The molecule has 1 aromatic rings. The Morgan fingerprint density at radius 2 is 2.13 bits per heavy atom. The van der Waals surface area contributed by atoms with Crippen molar-refractivity contribution >= 4 is 33.2 Å². The number of nitrogens with zero attached hydrogens (tertiary/aromatic N) is 1. The monoisotopic (exact) mass is 291 g/mol. The number of hydrogen-bond donors (Lipinski definition) is 0. The lowest BCUT2D eigenvalue weighted by Crippen LogP contribution is -1.99. The number of halogens is 2. The predicted molar refractivity (Wildman–Crippen MR) is 64.4 cm³/mol. The number of nitro groups is 1. The van der Waals surface area contributed by atoms with Crippen LogP contribution in [0.3, 0.4) is 0 Å². The third kappa shape index (κ3) is 2.49. The van der Waals surface area contributed by atoms with Gasteiger partial charge in [0.05, 0.1) is 9.40 Å². The number of nitro benzene ring substituents is 1. The van der Waals surface area contributed by atoms with Crippen LogP contribution in [-0.4, -0.2) is 4.92 Å². The zero-order valence-electron chi connectivity index (χ0n) is 8.46. The lowest BCUT2D eigenvalue weighted by atomic mass is 9.97. The summed E-state index contributed by atoms with van der Waals surface area (Å²) in [5.41, 5.74) is 1.94. The fourth-order valence-electron chi connectivity index (χ4n) is 1.50. The van der Waals surface area contributed by atoms with Crippen molar-refractivity contribution in [2.45, 2.75) is 25.6 Å². The third-order valence-electron chi connectivity index (χ3n) is 2.17. The van der Waals surface area contributed by atoms with Gasteiger partial charge in [-0.2, -0.15) is 0 Å². The summed E-state index contributed by atoms with van der Waals surface area (Å²) < 4.78 is 0.542. The highest BCUT2D eigenvalue weighted by atomic mass is 79.9. The first-order valence-electron chi connectivity index (χ1n) is 4.50. The molecular formula is C10H11BrClNO2. The molecular weight excluding hydrogens is 281 g/mol. The Bertz CT molecular complexity index is 393. The molecule has 0 aromatic heterocycles. The number of hydrogen-bond acceptors (Lipinski definition) is 2. The first kappa shape index (κ1) is 12.5. The maximum absolute atomic E-state index is 10.7. The minimum atomic E-state index is -0.395. The van der Waals surface area contributed by atoms with Crippen molar-refractivity contribution in [3.8, 4) is 0 Å². The van der Waals surface area contributed by atoms with E-state index in [1.54, 1.807) is 6.07 Å². The maximum Gasteiger partial charge on any atom is 0.283 e. The van der Waals surface area contributed by atoms with Gasteiger partial charge in [-0.25, -0.2) is 0 Å². The molecule has 0 radical (unpaired) electrons. The molecule has 0 unspecified atom stereocenters. The standard InChI is InChI=1S/C10H11BrClNO2/c1-6(2)9-7(5-12)3-4-8(10(9)11)13(14)15/h3-4,6H,5H2,1-2H3. The first-order valence-corrected chi connectivity index (χ1v) is 5.83. The van der Waals surface area contributed by atoms with Crippen LogP contribution in [0, 0.1) is 10.1 Å². The molecule has 82 valence electrons. The normalized spacial score (nSPS) is 10.7. The molecule has 0 bridgehead atoms. The van der Waals surface area contributed by atoms with Gasteiger partial charge >= 0.3 is 0 Å². The van der Waals surface area contributed by atoms with Crippen LogP contribution in [0.5, 0.6) is 0 Å². The lowest BCUT2D eigenvalue weighted by molar-refractivity contribution is -0.385. The van der Waals surface area contributed by atoms with Crippen LogP contribution in [-0.2, 0) is 5.88 Å². The van der Waals surface area contributed by atoms with Gasteiger partial charge in [-0.15, -0.1) is 11.6 Å². The summed E-state index contributed by atoms with van der Waals surface area (Å²) >= 11 is 9.06. The van der Waals surface area contributed by atoms with E-state index in [0.29, 0.717) is 10.4 Å². The van der Waals surface area contributed by atoms with Crippen LogP contribution < -0.4 is 0 Å². The molecule has 3 nitrogen and oxygen atoms in total. The molecule has 0 heterocycles. The molecule has 0 N–H and O–H groups in total. The van der Waals surface area contributed by atoms with Crippen molar-refractivity contribution in [2.24, 2.45) is 0 Å². The van der Waals surface area contributed by atoms with Crippen LogP contribution in [0.4, 0.5) is 5.69 Å². The van der Waals surface area contributed by atoms with Gasteiger partial charge in [0.1, 0.15) is 0 Å². The molecule has 0 amide bonds. The minimum Gasteiger partial charge on any atom is -0.258 e. The molecule has 1 rings (SSSR count). The number of rotatable bonds is 3. The van der Waals surface area contributed by atoms with E-state index in [1.807, 2.05) is 13.8 Å². The predicted octanol–water partition coefficient (Wildman–Crippen LogP) is 4.22. The van der Waals surface area contributed by atoms with Gasteiger partial charge in [0.2, 0.25) is 0 Å². The molecule has 5 heteroatoms. The molecule has 0 aliphatic carbocycles. The number of benzene rings is 1. The Morgan fingerprint density at radius 3 is 2.53 bits per heavy atom. The quantitative estimate of drug-likeness (QED) is 0.475. The second-order valence-electron chi connectivity index (χ2n) is 3.52. The van der Waals surface area contributed by atoms with E-state index in [9.17, 15) is 10.1 Å². The van der Waals surface area contributed by atoms with Crippen molar-refractivity contribution in [1.82, 2.24) is 0 Å². The Morgan fingerprint density at radius 1 is 1.53 bits per heavy atom. The summed E-state index contributed by atoms with van der Waals surface area (Å²) in [4.78, 5) is 10.3. The van der Waals surface area contributed by atoms with E-state index in [0.717, 1.165) is 11.1 Å². The Labute approximate surface area is 102 Å². The summed E-state index contributed by atoms with van der Waals surface area (Å²) in [6.07, 6.45) is 0. The van der Waals surface area contributed by atoms with E-state index >= 15 is 0 Å². The molecule has 0 aliphatic rings. The lowest BCUT2D eigenvalue weighted by Gasteiger charge is -2.13. The third-order valence-corrected chi connectivity index (χ3v) is 3.29. The van der Waals surface area contributed by atoms with Crippen LogP contribution in [0.1, 0.15) is 30.9 Å². The minimum absolute atomic E-state index is 0.0903. The van der Waals surface area contributed by atoms with E-state index in [1.165, 1.54) is 6.07 Å². The average molecular weight is 293 g/mol. The van der Waals surface area contributed by atoms with Gasteiger partial charge in [-0.3, -0.25) is 10.1 Å². The van der Waals surface area contributed by atoms with Crippen molar-refractivity contribution in [1.29, 1.82) is 0 Å². The van der Waals surface area contributed by atoms with Crippen LogP contribution >= 0.6 is 27.5 Å². The highest BCUT2D eigenvalue weighted by molar-refractivity contribution is 9.10. The van der Waals surface area contributed by atoms with Crippen molar-refractivity contribution in [3.63, 3.8) is 0 Å². The summed E-state index contributed by atoms with van der Waals surface area (Å²) in [6.45, 7) is 3.97. The molecule has 15 heavy (non-hydrogen) atoms. The van der Waals surface area contributed by atoms with Crippen molar-refractivity contribution < 1.29 is 4.92 Å². The summed E-state index contributed by atoms with van der Waals surface area (Å²) in [7, 11) is 0. The molecule has 1 aromatic carbocycles. The fourth-order valence-corrected chi connectivity index (χ4v) is 2.73. The van der Waals surface area contributed by atoms with E-state index in [2.05, 4.69) is 15.9 Å². The Balaban J connectivity index is 3.42. The summed E-state index contributed by atoms with van der Waals surface area (Å²) in [5.74, 6) is 0.567. The molecule has 0 aliphatic heterocycles. The second kappa shape index (κ2) is 4.94. The smallest absolute Gasteiger partial charge is 0.258 e. The van der Waals surface area contributed by atoms with Crippen LogP contribution in [0.15, 0.2) is 16.6 Å². The first-order chi connectivity index (χ1) is 6.99. The Kier molecular flexibility index (Phi) is 4.11. The highest BCUT2D eigenvalue weighted by Gasteiger charge is 2.19. The van der Waals surface area contributed by atoms with Gasteiger partial charge in [0.15, 0.2) is 0 Å². The summed E-state index contributed by atoms with van der Waals surface area (Å²) in [6, 6.07) is 3.19. The molecule has 0 saturated heterocycles. The molecule has 0 spiro atoms. The van der Waals surface area contributed by atoms with Crippen molar-refractivity contribution in [3.05, 3.63) is 37.8 Å². The van der Waals surface area contributed by atoms with Gasteiger partial charge in [-0.1, -0.05) is 19.9 Å².